The van der Waals surface area contributed by atoms with Gasteiger partial charge in [0.25, 0.3) is 0 Å². The van der Waals surface area contributed by atoms with Crippen LogP contribution in [0.2, 0.25) is 0 Å². The summed E-state index contributed by atoms with van der Waals surface area (Å²) in [6, 6.07) is 12.9. The molecule has 0 aliphatic rings. The van der Waals surface area contributed by atoms with Gasteiger partial charge >= 0.3 is 0 Å². The Morgan fingerprint density at radius 2 is 2.00 bits per heavy atom. The Bertz CT molecular complexity index is 973. The molecule has 1 aromatic heterocycles. The summed E-state index contributed by atoms with van der Waals surface area (Å²) < 4.78 is 15.7. The summed E-state index contributed by atoms with van der Waals surface area (Å²) in [6.07, 6.45) is 0.924. The van der Waals surface area contributed by atoms with Crippen molar-refractivity contribution in [2.45, 2.75) is 33.0 Å². The number of aryl methyl sites for hydroxylation is 2. The van der Waals surface area contributed by atoms with Crippen LogP contribution in [0.3, 0.4) is 0 Å². The Hall–Kier alpha value is -2.20. The van der Waals surface area contributed by atoms with Crippen molar-refractivity contribution in [3.05, 3.63) is 65.2 Å². The van der Waals surface area contributed by atoms with Gasteiger partial charge < -0.3 is 20.3 Å². The molecule has 29 heavy (non-hydrogen) atoms. The van der Waals surface area contributed by atoms with Crippen molar-refractivity contribution in [3.63, 3.8) is 0 Å². The molecule has 0 bridgehead atoms. The maximum Gasteiger partial charge on any atom is 0.191 e. The summed E-state index contributed by atoms with van der Waals surface area (Å²) >= 11 is 0. The van der Waals surface area contributed by atoms with Crippen molar-refractivity contribution < 1.29 is 9.50 Å². The van der Waals surface area contributed by atoms with Crippen molar-refractivity contribution in [1.82, 2.24) is 20.2 Å². The normalized spacial score (nSPS) is 11.4. The molecule has 0 unspecified atom stereocenters. The maximum absolute atomic E-state index is 13.5. The zero-order valence-electron chi connectivity index (χ0n) is 16.7. The van der Waals surface area contributed by atoms with Crippen LogP contribution in [0.4, 0.5) is 4.39 Å². The Labute approximate surface area is 187 Å². The molecule has 3 rings (SSSR count). The van der Waals surface area contributed by atoms with Gasteiger partial charge in [0.2, 0.25) is 0 Å². The minimum Gasteiger partial charge on any atom is -0.392 e. The molecule has 0 atom stereocenters. The number of guanidine groups is 1. The first-order chi connectivity index (χ1) is 13.6. The lowest BCUT2D eigenvalue weighted by Gasteiger charge is -2.13. The van der Waals surface area contributed by atoms with E-state index in [9.17, 15) is 9.50 Å². The van der Waals surface area contributed by atoms with Gasteiger partial charge in [-0.25, -0.2) is 9.37 Å². The smallest absolute Gasteiger partial charge is 0.191 e. The van der Waals surface area contributed by atoms with Crippen LogP contribution in [0.5, 0.6) is 0 Å². The van der Waals surface area contributed by atoms with Crippen LogP contribution in [0, 0.1) is 12.7 Å². The molecule has 3 N–H and O–H groups in total. The lowest BCUT2D eigenvalue weighted by atomic mass is 10.1. The predicted molar refractivity (Wildman–Crippen MR) is 125 cm³/mol. The highest BCUT2D eigenvalue weighted by molar-refractivity contribution is 14.0. The molecule has 0 spiro atoms. The van der Waals surface area contributed by atoms with Crippen LogP contribution < -0.4 is 10.6 Å². The van der Waals surface area contributed by atoms with Crippen LogP contribution in [0.1, 0.15) is 23.4 Å². The molecule has 0 aliphatic heterocycles. The fourth-order valence-corrected chi connectivity index (χ4v) is 3.19. The first kappa shape index (κ1) is 23.1. The lowest BCUT2D eigenvalue weighted by molar-refractivity contribution is 0.275. The van der Waals surface area contributed by atoms with Gasteiger partial charge in [-0.1, -0.05) is 18.2 Å². The minimum atomic E-state index is -0.393. The van der Waals surface area contributed by atoms with E-state index in [1.807, 2.05) is 25.1 Å². The second kappa shape index (κ2) is 11.1. The molecule has 0 fully saturated rings. The van der Waals surface area contributed by atoms with Crippen molar-refractivity contribution in [2.75, 3.05) is 13.6 Å². The minimum absolute atomic E-state index is 0. The summed E-state index contributed by atoms with van der Waals surface area (Å²) in [7, 11) is 1.71. The molecule has 156 valence electrons. The number of para-hydroxylation sites is 2. The van der Waals surface area contributed by atoms with Gasteiger partial charge in [-0.3, -0.25) is 4.99 Å². The number of hydrogen-bond acceptors (Lipinski definition) is 3. The summed E-state index contributed by atoms with van der Waals surface area (Å²) in [6.45, 7) is 3.84. The predicted octanol–water partition coefficient (Wildman–Crippen LogP) is 3.35. The third-order valence-electron chi connectivity index (χ3n) is 4.66. The number of nitrogens with one attached hydrogen (secondary N) is 2. The largest absolute Gasteiger partial charge is 0.392 e. The van der Waals surface area contributed by atoms with E-state index in [1.54, 1.807) is 19.2 Å². The third kappa shape index (κ3) is 5.89. The number of halogens is 2. The molecule has 0 saturated heterocycles. The number of aliphatic imine (C=N–C) groups is 1. The quantitative estimate of drug-likeness (QED) is 0.197. The van der Waals surface area contributed by atoms with Crippen LogP contribution in [-0.2, 0) is 19.7 Å². The summed E-state index contributed by atoms with van der Waals surface area (Å²) in [4.78, 5) is 8.81. The van der Waals surface area contributed by atoms with Gasteiger partial charge in [-0.05, 0) is 43.2 Å². The molecule has 2 aromatic carbocycles. The second-order valence-corrected chi connectivity index (χ2v) is 6.59. The SMILES string of the molecule is CN=C(NCCCn1c(C)nc2ccccc21)NCc1ccc(F)c(CO)c1.I. The molecule has 0 amide bonds. The van der Waals surface area contributed by atoms with Gasteiger partial charge in [0.05, 0.1) is 17.6 Å². The lowest BCUT2D eigenvalue weighted by Crippen LogP contribution is -2.37. The Balaban J connectivity index is 0.00000300. The highest BCUT2D eigenvalue weighted by Crippen LogP contribution is 2.15. The molecule has 6 nitrogen and oxygen atoms in total. The van der Waals surface area contributed by atoms with E-state index >= 15 is 0 Å². The molecular formula is C21H27FIN5O. The molecule has 1 heterocycles. The highest BCUT2D eigenvalue weighted by Gasteiger charge is 2.07. The van der Waals surface area contributed by atoms with Gasteiger partial charge in [0, 0.05) is 32.2 Å². The number of aromatic nitrogens is 2. The van der Waals surface area contributed by atoms with Crippen LogP contribution >= 0.6 is 24.0 Å². The number of benzene rings is 2. The Morgan fingerprint density at radius 1 is 1.21 bits per heavy atom. The number of aliphatic hydroxyl groups is 1. The van der Waals surface area contributed by atoms with Crippen LogP contribution in [-0.4, -0.2) is 34.2 Å². The van der Waals surface area contributed by atoms with Crippen LogP contribution in [0.15, 0.2) is 47.5 Å². The number of hydrogen-bond donors (Lipinski definition) is 3. The van der Waals surface area contributed by atoms with Gasteiger partial charge in [-0.15, -0.1) is 24.0 Å². The average Bonchev–Trinajstić information content (AvgIpc) is 3.03. The fourth-order valence-electron chi connectivity index (χ4n) is 3.19. The maximum atomic E-state index is 13.5. The zero-order valence-corrected chi connectivity index (χ0v) is 19.0. The first-order valence-electron chi connectivity index (χ1n) is 9.37. The van der Waals surface area contributed by atoms with Crippen molar-refractivity contribution in [1.29, 1.82) is 0 Å². The number of rotatable bonds is 7. The molecule has 8 heteroatoms. The zero-order chi connectivity index (χ0) is 19.9. The van der Waals surface area contributed by atoms with Gasteiger partial charge in [-0.2, -0.15) is 0 Å². The van der Waals surface area contributed by atoms with Crippen molar-refractivity contribution in [2.24, 2.45) is 4.99 Å². The third-order valence-corrected chi connectivity index (χ3v) is 4.66. The number of fused-ring (bicyclic) bond motifs is 1. The van der Waals surface area contributed by atoms with E-state index in [0.717, 1.165) is 41.9 Å². The topological polar surface area (TPSA) is 74.5 Å². The fraction of sp³-hybridized carbons (Fsp3) is 0.333. The van der Waals surface area contributed by atoms with E-state index in [4.69, 9.17) is 0 Å². The number of aliphatic hydroxyl groups excluding tert-OH is 1. The van der Waals surface area contributed by atoms with Crippen molar-refractivity contribution in [3.8, 4) is 0 Å². The second-order valence-electron chi connectivity index (χ2n) is 6.59. The summed E-state index contributed by atoms with van der Waals surface area (Å²) in [5, 5.41) is 15.7. The Morgan fingerprint density at radius 3 is 2.76 bits per heavy atom. The van der Waals surface area contributed by atoms with E-state index < -0.39 is 5.82 Å². The summed E-state index contributed by atoms with van der Waals surface area (Å²) in [5.41, 5.74) is 3.35. The van der Waals surface area contributed by atoms with Crippen LogP contribution in [0.25, 0.3) is 11.0 Å². The van der Waals surface area contributed by atoms with Gasteiger partial charge in [0.15, 0.2) is 5.96 Å². The highest BCUT2D eigenvalue weighted by atomic mass is 127. The molecule has 0 saturated carbocycles. The number of nitrogens with zero attached hydrogens (tertiary/aromatic N) is 3. The summed E-state index contributed by atoms with van der Waals surface area (Å²) in [5.74, 6) is 1.30. The Kier molecular flexibility index (Phi) is 8.84. The molecule has 0 radical (unpaired) electrons. The van der Waals surface area contributed by atoms with E-state index in [0.29, 0.717) is 18.1 Å². The van der Waals surface area contributed by atoms with E-state index in [-0.39, 0.29) is 30.6 Å². The average molecular weight is 511 g/mol. The molecule has 3 aromatic rings. The standard InChI is InChI=1S/C21H26FN5O.HI/c1-15-26-19-6-3-4-7-20(19)27(15)11-5-10-24-21(23-2)25-13-16-8-9-18(22)17(12-16)14-28;/h3-4,6-9,12,28H,5,10-11,13-14H2,1-2H3,(H2,23,24,25);1H. The van der Waals surface area contributed by atoms with E-state index in [1.165, 1.54) is 6.07 Å². The molecular weight excluding hydrogens is 484 g/mol. The first-order valence-corrected chi connectivity index (χ1v) is 9.37. The number of imidazole rings is 1. The van der Waals surface area contributed by atoms with E-state index in [2.05, 4.69) is 31.2 Å². The van der Waals surface area contributed by atoms with Gasteiger partial charge in [0.1, 0.15) is 11.6 Å². The monoisotopic (exact) mass is 511 g/mol. The van der Waals surface area contributed by atoms with Crippen molar-refractivity contribution >= 4 is 41.0 Å². The molecule has 0 aliphatic carbocycles.